The van der Waals surface area contributed by atoms with Crippen molar-refractivity contribution in [1.82, 2.24) is 4.98 Å². The van der Waals surface area contributed by atoms with Crippen molar-refractivity contribution in [3.05, 3.63) is 211 Å². The summed E-state index contributed by atoms with van der Waals surface area (Å²) in [4.78, 5) is 12.8. The van der Waals surface area contributed by atoms with Gasteiger partial charge in [-0.3, -0.25) is 10.1 Å². The Morgan fingerprint density at radius 2 is 1.07 bits per heavy atom. The molecule has 7 aromatic rings. The van der Waals surface area contributed by atoms with Gasteiger partial charge in [-0.2, -0.15) is 0 Å². The van der Waals surface area contributed by atoms with E-state index in [-0.39, 0.29) is 10.7 Å². The molecule has 0 spiro atoms. The van der Waals surface area contributed by atoms with Gasteiger partial charge >= 0.3 is 0 Å². The molecule has 0 aliphatic rings. The highest BCUT2D eigenvalue weighted by atomic mass is 127. The lowest BCUT2D eigenvalue weighted by Crippen LogP contribution is -1.97. The topological polar surface area (TPSA) is 86.6 Å². The van der Waals surface area contributed by atoms with Crippen LogP contribution in [0.2, 0.25) is 25.1 Å². The minimum atomic E-state index is -0.520. The average Bonchev–Trinajstić information content (AvgIpc) is 3.91. The third-order valence-electron chi connectivity index (χ3n) is 8.19. The number of aromatic amines is 1. The fourth-order valence-corrected chi connectivity index (χ4v) is 8.29. The molecule has 0 radical (unpaired) electrons. The number of nitro benzene ring substituents is 1. The Morgan fingerprint density at radius 1 is 0.571 bits per heavy atom. The van der Waals surface area contributed by atoms with Crippen molar-refractivity contribution in [3.63, 3.8) is 0 Å². The molecule has 0 saturated heterocycles. The largest absolute Gasteiger partial charge is 0.492 e. The van der Waals surface area contributed by atoms with E-state index in [2.05, 4.69) is 165 Å². The average molecular weight is 1460 g/mol. The quantitative estimate of drug-likeness (QED) is 0.108. The standard InChI is InChI=1S/C10H13BrO3.C7H5Cl2NO2.C7H6Cl2.C7H6ClI.2C7H7I.C4H5N.C3H8.C2H6/c1-6-5-7(11)9(13-3)10(14-4)8(6)12-2;1-4-2-5(8)3-6(9)7(4)10(11)12;2*1-5-3-2-4-6(8)7(5)9;1-6-3-2-4-7(8)5-6;1-6-4-2-3-5-7(6)8;1-2-4-5-3-1;1-3-2;1-2/h5H,1-4H3;2-3H,1H3;2*2-4H,1H3;2*2-5H,1H3;1-5H;3H2,1-2H3;1-2H3. The molecule has 1 heterocycles. The second-order valence-corrected chi connectivity index (χ2v) is 20.3. The van der Waals surface area contributed by atoms with Crippen molar-refractivity contribution in [2.24, 2.45) is 0 Å². The van der Waals surface area contributed by atoms with Crippen molar-refractivity contribution >= 4 is 147 Å². The van der Waals surface area contributed by atoms with E-state index in [1.165, 1.54) is 42.4 Å². The Hall–Kier alpha value is -2.48. The molecule has 0 unspecified atom stereocenters. The third kappa shape index (κ3) is 28.7. The van der Waals surface area contributed by atoms with Crippen LogP contribution in [-0.4, -0.2) is 31.2 Å². The Kier molecular flexibility index (Phi) is 40.7. The Morgan fingerprint density at radius 3 is 1.43 bits per heavy atom. The van der Waals surface area contributed by atoms with Crippen LogP contribution in [0.1, 0.15) is 67.5 Å². The van der Waals surface area contributed by atoms with Gasteiger partial charge in [0.1, 0.15) is 5.02 Å². The minimum absolute atomic E-state index is 0.0741. The molecule has 0 fully saturated rings. The third-order valence-corrected chi connectivity index (χ3v) is 14.1. The number of hydrogen-bond donors (Lipinski definition) is 1. The molecule has 16 heteroatoms. The first-order valence-electron chi connectivity index (χ1n) is 21.5. The summed E-state index contributed by atoms with van der Waals surface area (Å²) in [6, 6.07) is 36.9. The molecular formula is C54H63BrCl5I3N2O5. The number of H-pyrrole nitrogens is 1. The molecule has 0 saturated carbocycles. The first kappa shape index (κ1) is 69.6. The molecule has 0 atom stereocenters. The summed E-state index contributed by atoms with van der Waals surface area (Å²) in [6.45, 7) is 20.0. The van der Waals surface area contributed by atoms with Crippen LogP contribution in [0, 0.1) is 62.4 Å². The summed E-state index contributed by atoms with van der Waals surface area (Å²) in [6.07, 6.45) is 5.00. The number of hydrogen-bond acceptors (Lipinski definition) is 5. The fourth-order valence-electron chi connectivity index (χ4n) is 4.92. The SMILES string of the molecule is CC.CCC.COc1c(C)cc(Br)c(OC)c1OC.Cc1cc(Cl)cc(Cl)c1[N+](=O)[O-].Cc1cccc(Cl)c1Cl.Cc1cccc(Cl)c1I.Cc1cccc(I)c1.Cc1ccccc1I.c1cc[nH]c1. The molecule has 382 valence electrons. The maximum absolute atomic E-state index is 10.4. The lowest BCUT2D eigenvalue weighted by Gasteiger charge is -2.15. The zero-order valence-electron chi connectivity index (χ0n) is 41.7. The van der Waals surface area contributed by atoms with Gasteiger partial charge in [0.05, 0.1) is 45.8 Å². The maximum atomic E-state index is 10.4. The summed E-state index contributed by atoms with van der Waals surface area (Å²) >= 11 is 38.7. The Balaban J connectivity index is 0. The van der Waals surface area contributed by atoms with Gasteiger partial charge in [-0.15, -0.1) is 0 Å². The van der Waals surface area contributed by atoms with Crippen molar-refractivity contribution in [1.29, 1.82) is 0 Å². The molecule has 0 aliphatic carbocycles. The van der Waals surface area contributed by atoms with E-state index < -0.39 is 4.92 Å². The summed E-state index contributed by atoms with van der Waals surface area (Å²) in [7, 11) is 4.79. The van der Waals surface area contributed by atoms with Gasteiger partial charge in [-0.25, -0.2) is 0 Å². The van der Waals surface area contributed by atoms with E-state index in [1.807, 2.05) is 95.5 Å². The zero-order valence-corrected chi connectivity index (χ0v) is 53.6. The highest BCUT2D eigenvalue weighted by molar-refractivity contribution is 14.1. The van der Waals surface area contributed by atoms with Gasteiger partial charge in [0.15, 0.2) is 11.5 Å². The Labute approximate surface area is 491 Å². The lowest BCUT2D eigenvalue weighted by atomic mass is 10.2. The van der Waals surface area contributed by atoms with Crippen LogP contribution < -0.4 is 14.2 Å². The van der Waals surface area contributed by atoms with Crippen molar-refractivity contribution in [3.8, 4) is 17.2 Å². The van der Waals surface area contributed by atoms with Crippen LogP contribution in [0.25, 0.3) is 0 Å². The van der Waals surface area contributed by atoms with Gasteiger partial charge in [-0.05, 0) is 208 Å². The van der Waals surface area contributed by atoms with Crippen LogP contribution in [0.15, 0.2) is 132 Å². The first-order valence-corrected chi connectivity index (χ1v) is 27.4. The number of benzene rings is 6. The molecule has 0 aliphatic heterocycles. The van der Waals surface area contributed by atoms with E-state index in [4.69, 9.17) is 72.2 Å². The lowest BCUT2D eigenvalue weighted by molar-refractivity contribution is -0.385. The van der Waals surface area contributed by atoms with Gasteiger partial charge in [0, 0.05) is 33.7 Å². The first-order chi connectivity index (χ1) is 33.1. The van der Waals surface area contributed by atoms with Crippen LogP contribution >= 0.6 is 142 Å². The van der Waals surface area contributed by atoms with Crippen LogP contribution in [-0.2, 0) is 0 Å². The molecule has 7 nitrogen and oxygen atoms in total. The van der Waals surface area contributed by atoms with E-state index in [0.29, 0.717) is 37.9 Å². The zero-order chi connectivity index (χ0) is 53.9. The molecule has 0 amide bonds. The molecular weight excluding hydrogens is 1390 g/mol. The number of aryl methyl sites for hydroxylation is 6. The summed E-state index contributed by atoms with van der Waals surface area (Å²) < 4.78 is 20.3. The van der Waals surface area contributed by atoms with Crippen molar-refractivity contribution < 1.29 is 19.1 Å². The van der Waals surface area contributed by atoms with Crippen LogP contribution in [0.5, 0.6) is 17.2 Å². The van der Waals surface area contributed by atoms with Crippen molar-refractivity contribution in [2.45, 2.75) is 75.7 Å². The van der Waals surface area contributed by atoms with E-state index in [0.717, 1.165) is 24.2 Å². The maximum Gasteiger partial charge on any atom is 0.290 e. The van der Waals surface area contributed by atoms with Gasteiger partial charge in [-0.1, -0.05) is 152 Å². The molecule has 7 rings (SSSR count). The molecule has 1 N–H and O–H groups in total. The van der Waals surface area contributed by atoms with Crippen molar-refractivity contribution in [2.75, 3.05) is 21.3 Å². The number of nitrogens with one attached hydrogen (secondary N) is 1. The smallest absolute Gasteiger partial charge is 0.290 e. The second kappa shape index (κ2) is 40.9. The normalized spacial score (nSPS) is 9.17. The van der Waals surface area contributed by atoms with Crippen LogP contribution in [0.3, 0.4) is 0 Å². The predicted molar refractivity (Wildman–Crippen MR) is 332 cm³/mol. The number of halogens is 9. The number of rotatable bonds is 4. The number of nitrogens with zero attached hydrogens (tertiary/aromatic N) is 1. The molecule has 6 aromatic carbocycles. The molecule has 70 heavy (non-hydrogen) atoms. The molecule has 0 bridgehead atoms. The highest BCUT2D eigenvalue weighted by Gasteiger charge is 2.17. The minimum Gasteiger partial charge on any atom is -0.492 e. The van der Waals surface area contributed by atoms with Crippen LogP contribution in [0.4, 0.5) is 5.69 Å². The predicted octanol–water partition coefficient (Wildman–Crippen LogP) is 21.2. The van der Waals surface area contributed by atoms with Gasteiger partial charge in [0.25, 0.3) is 5.69 Å². The number of ether oxygens (including phenoxy) is 3. The van der Waals surface area contributed by atoms with E-state index in [9.17, 15) is 10.1 Å². The van der Waals surface area contributed by atoms with Gasteiger partial charge < -0.3 is 19.2 Å². The fraction of sp³-hybridized carbons (Fsp3) is 0.259. The summed E-state index contributed by atoms with van der Waals surface area (Å²) in [5.41, 5.74) is 6.33. The summed E-state index contributed by atoms with van der Waals surface area (Å²) in [5.74, 6) is 1.96. The number of aromatic nitrogens is 1. The van der Waals surface area contributed by atoms with E-state index >= 15 is 0 Å². The second-order valence-electron chi connectivity index (χ2n) is 14.0. The summed E-state index contributed by atoms with van der Waals surface area (Å²) in [5, 5.41) is 13.0. The number of methoxy groups -OCH3 is 3. The molecule has 1 aromatic heterocycles. The monoisotopic (exact) mass is 1450 g/mol. The van der Waals surface area contributed by atoms with Gasteiger partial charge in [0.2, 0.25) is 5.75 Å². The Bertz CT molecular complexity index is 2360. The van der Waals surface area contributed by atoms with E-state index in [1.54, 1.807) is 34.3 Å². The highest BCUT2D eigenvalue weighted by Crippen LogP contribution is 2.44. The number of nitro groups is 1.